The van der Waals surface area contributed by atoms with Gasteiger partial charge in [0.25, 0.3) is 0 Å². The van der Waals surface area contributed by atoms with Gasteiger partial charge in [-0.25, -0.2) is 0 Å². The molecule has 0 aliphatic carbocycles. The number of aromatic hydroxyl groups is 4. The molecule has 0 saturated carbocycles. The van der Waals surface area contributed by atoms with E-state index in [9.17, 15) is 25.2 Å². The second-order valence-corrected chi connectivity index (χ2v) is 7.65. The van der Waals surface area contributed by atoms with E-state index in [1.165, 1.54) is 6.07 Å². The van der Waals surface area contributed by atoms with Gasteiger partial charge in [-0.05, 0) is 26.2 Å². The maximum absolute atomic E-state index is 13.3. The molecule has 2 aromatic carbocycles. The summed E-state index contributed by atoms with van der Waals surface area (Å²) in [6, 6.07) is 2.42. The Labute approximate surface area is 167 Å². The first-order chi connectivity index (χ1) is 13.6. The predicted octanol–water partition coefficient (Wildman–Crippen LogP) is 4.95. The van der Waals surface area contributed by atoms with Crippen LogP contribution in [0, 0.1) is 5.92 Å². The summed E-state index contributed by atoms with van der Waals surface area (Å²) in [5, 5.41) is 41.4. The minimum absolute atomic E-state index is 0.0117. The third-order valence-corrected chi connectivity index (χ3v) is 4.66. The maximum Gasteiger partial charge on any atom is 0.205 e. The van der Waals surface area contributed by atoms with Gasteiger partial charge in [0.2, 0.25) is 5.43 Å². The number of allylic oxidation sites excluding steroid dienone is 3. The van der Waals surface area contributed by atoms with Crippen LogP contribution in [0.4, 0.5) is 0 Å². The molecule has 0 aliphatic rings. The molecule has 0 saturated heterocycles. The highest BCUT2D eigenvalue weighted by molar-refractivity contribution is 6.00. The maximum atomic E-state index is 13.3. The van der Waals surface area contributed by atoms with Crippen LogP contribution in [-0.4, -0.2) is 20.4 Å². The van der Waals surface area contributed by atoms with Crippen molar-refractivity contribution in [3.8, 4) is 23.0 Å². The molecule has 3 rings (SSSR count). The Kier molecular flexibility index (Phi) is 5.29. The largest absolute Gasteiger partial charge is 0.507 e. The topological polar surface area (TPSA) is 111 Å². The van der Waals surface area contributed by atoms with Crippen molar-refractivity contribution in [3.05, 3.63) is 51.2 Å². The summed E-state index contributed by atoms with van der Waals surface area (Å²) >= 11 is 0. The van der Waals surface area contributed by atoms with Gasteiger partial charge in [-0.15, -0.1) is 0 Å². The van der Waals surface area contributed by atoms with Gasteiger partial charge >= 0.3 is 0 Å². The van der Waals surface area contributed by atoms with Crippen molar-refractivity contribution in [2.24, 2.45) is 5.92 Å². The molecule has 6 heteroatoms. The van der Waals surface area contributed by atoms with Crippen LogP contribution in [0.3, 0.4) is 0 Å². The molecule has 0 fully saturated rings. The molecule has 0 amide bonds. The SMILES string of the molecule is CC(C)=CCc1c(O)cc2oc3cc(O)c(O)c(C=CC(C)C)c3c(=O)c2c1O. The van der Waals surface area contributed by atoms with Crippen LogP contribution < -0.4 is 5.43 Å². The molecule has 152 valence electrons. The molecule has 6 nitrogen and oxygen atoms in total. The highest BCUT2D eigenvalue weighted by atomic mass is 16.3. The van der Waals surface area contributed by atoms with E-state index in [0.717, 1.165) is 11.6 Å². The van der Waals surface area contributed by atoms with Crippen molar-refractivity contribution >= 4 is 28.0 Å². The van der Waals surface area contributed by atoms with E-state index >= 15 is 0 Å². The Morgan fingerprint density at radius 1 is 1.00 bits per heavy atom. The summed E-state index contributed by atoms with van der Waals surface area (Å²) in [6.45, 7) is 7.64. The summed E-state index contributed by atoms with van der Waals surface area (Å²) in [7, 11) is 0. The molecule has 0 atom stereocenters. The summed E-state index contributed by atoms with van der Waals surface area (Å²) in [5.74, 6) is -1.29. The molecule has 29 heavy (non-hydrogen) atoms. The van der Waals surface area contributed by atoms with Gasteiger partial charge in [0.15, 0.2) is 11.5 Å². The van der Waals surface area contributed by atoms with Gasteiger partial charge in [0.1, 0.15) is 28.1 Å². The fourth-order valence-electron chi connectivity index (χ4n) is 3.14. The van der Waals surface area contributed by atoms with E-state index < -0.39 is 16.9 Å². The van der Waals surface area contributed by atoms with Crippen LogP contribution in [0.1, 0.15) is 38.8 Å². The lowest BCUT2D eigenvalue weighted by atomic mass is 9.99. The minimum atomic E-state index is -0.559. The van der Waals surface area contributed by atoms with E-state index in [4.69, 9.17) is 4.42 Å². The van der Waals surface area contributed by atoms with Crippen molar-refractivity contribution in [2.45, 2.75) is 34.1 Å². The van der Waals surface area contributed by atoms with Gasteiger partial charge in [-0.3, -0.25) is 4.79 Å². The smallest absolute Gasteiger partial charge is 0.205 e. The van der Waals surface area contributed by atoms with E-state index in [1.807, 2.05) is 33.8 Å². The molecular formula is C23H24O6. The van der Waals surface area contributed by atoms with Crippen molar-refractivity contribution in [3.63, 3.8) is 0 Å². The number of hydrogen-bond donors (Lipinski definition) is 4. The van der Waals surface area contributed by atoms with Crippen LogP contribution in [0.5, 0.6) is 23.0 Å². The van der Waals surface area contributed by atoms with Crippen molar-refractivity contribution in [1.82, 2.24) is 0 Å². The van der Waals surface area contributed by atoms with Crippen LogP contribution >= 0.6 is 0 Å². The molecule has 0 radical (unpaired) electrons. The molecular weight excluding hydrogens is 372 g/mol. The molecule has 0 aliphatic heterocycles. The van der Waals surface area contributed by atoms with Gasteiger partial charge < -0.3 is 24.8 Å². The Morgan fingerprint density at radius 2 is 1.62 bits per heavy atom. The quantitative estimate of drug-likeness (QED) is 0.282. The van der Waals surface area contributed by atoms with Crippen LogP contribution in [0.2, 0.25) is 0 Å². The number of benzene rings is 2. The van der Waals surface area contributed by atoms with Crippen molar-refractivity contribution in [1.29, 1.82) is 0 Å². The van der Waals surface area contributed by atoms with Crippen LogP contribution in [-0.2, 0) is 6.42 Å². The van der Waals surface area contributed by atoms with Gasteiger partial charge in [-0.1, -0.05) is 37.6 Å². The average molecular weight is 396 g/mol. The Morgan fingerprint density at radius 3 is 2.24 bits per heavy atom. The molecule has 1 aromatic heterocycles. The summed E-state index contributed by atoms with van der Waals surface area (Å²) < 4.78 is 5.71. The molecule has 1 heterocycles. The zero-order valence-electron chi connectivity index (χ0n) is 16.8. The van der Waals surface area contributed by atoms with Gasteiger partial charge in [0.05, 0.1) is 5.39 Å². The molecule has 0 unspecified atom stereocenters. The number of phenols is 4. The zero-order valence-corrected chi connectivity index (χ0v) is 16.8. The standard InChI is InChI=1S/C23H24O6/c1-11(2)5-7-13-15(24)9-18-20(22(13)27)23(28)19-14(8-6-12(3)4)21(26)16(25)10-17(19)29-18/h5-6,8-10,12,24-27H,7H2,1-4H3. The molecule has 0 bridgehead atoms. The first-order valence-electron chi connectivity index (χ1n) is 9.32. The van der Waals surface area contributed by atoms with Crippen molar-refractivity contribution in [2.75, 3.05) is 0 Å². The summed E-state index contributed by atoms with van der Waals surface area (Å²) in [5.41, 5.74) is 0.793. The third kappa shape index (κ3) is 3.66. The van der Waals surface area contributed by atoms with Crippen LogP contribution in [0.15, 0.2) is 39.1 Å². The second-order valence-electron chi connectivity index (χ2n) is 7.65. The molecule has 3 aromatic rings. The van der Waals surface area contributed by atoms with E-state index in [2.05, 4.69) is 0 Å². The lowest BCUT2D eigenvalue weighted by Gasteiger charge is -2.12. The van der Waals surface area contributed by atoms with Gasteiger partial charge in [0, 0.05) is 23.3 Å². The van der Waals surface area contributed by atoms with Crippen molar-refractivity contribution < 1.29 is 24.8 Å². The molecule has 4 N–H and O–H groups in total. The van der Waals surface area contributed by atoms with E-state index in [0.29, 0.717) is 0 Å². The Hall–Kier alpha value is -3.41. The first kappa shape index (κ1) is 20.3. The first-order valence-corrected chi connectivity index (χ1v) is 9.32. The highest BCUT2D eigenvalue weighted by Gasteiger charge is 2.22. The fraction of sp³-hybridized carbons (Fsp3) is 0.261. The van der Waals surface area contributed by atoms with Gasteiger partial charge in [-0.2, -0.15) is 0 Å². The fourth-order valence-corrected chi connectivity index (χ4v) is 3.14. The lowest BCUT2D eigenvalue weighted by molar-refractivity contribution is 0.403. The number of hydrogen-bond acceptors (Lipinski definition) is 6. The number of fused-ring (bicyclic) bond motifs is 2. The highest BCUT2D eigenvalue weighted by Crippen LogP contribution is 2.40. The predicted molar refractivity (Wildman–Crippen MR) is 114 cm³/mol. The summed E-state index contributed by atoms with van der Waals surface area (Å²) in [4.78, 5) is 13.3. The third-order valence-electron chi connectivity index (χ3n) is 4.66. The van der Waals surface area contributed by atoms with E-state index in [-0.39, 0.29) is 56.9 Å². The minimum Gasteiger partial charge on any atom is -0.507 e. The monoisotopic (exact) mass is 396 g/mol. The lowest BCUT2D eigenvalue weighted by Crippen LogP contribution is -2.06. The average Bonchev–Trinajstić information content (AvgIpc) is 2.61. The van der Waals surface area contributed by atoms with Crippen LogP contribution in [0.25, 0.3) is 28.0 Å². The molecule has 0 spiro atoms. The Balaban J connectivity index is 2.45. The second kappa shape index (κ2) is 7.54. The zero-order chi connectivity index (χ0) is 21.5. The summed E-state index contributed by atoms with van der Waals surface area (Å²) in [6.07, 6.45) is 5.39. The number of phenolic OH excluding ortho intramolecular Hbond substituents is 4. The Bertz CT molecular complexity index is 1220. The van der Waals surface area contributed by atoms with E-state index in [1.54, 1.807) is 12.2 Å². The normalized spacial score (nSPS) is 11.8. The number of rotatable bonds is 4.